The van der Waals surface area contributed by atoms with Gasteiger partial charge < -0.3 is 9.84 Å². The zero-order valence-corrected chi connectivity index (χ0v) is 21.1. The Morgan fingerprint density at radius 3 is 2.35 bits per heavy atom. The Morgan fingerprint density at radius 1 is 1.03 bits per heavy atom. The molecule has 1 atom stereocenters. The van der Waals surface area contributed by atoms with Crippen LogP contribution >= 0.6 is 0 Å². The average molecular weight is 502 g/mol. The number of nitrogens with zero attached hydrogens (tertiary/aromatic N) is 1. The molecule has 0 aromatic heterocycles. The highest BCUT2D eigenvalue weighted by Gasteiger charge is 2.47. The lowest BCUT2D eigenvalue weighted by Crippen LogP contribution is -2.29. The zero-order chi connectivity index (χ0) is 26.9. The van der Waals surface area contributed by atoms with Gasteiger partial charge >= 0.3 is 5.97 Å². The topological polar surface area (TPSA) is 83.9 Å². The molecule has 3 aromatic carbocycles. The Hall–Kier alpha value is -4.26. The number of carbonyl (C=O) groups excluding carboxylic acids is 3. The minimum atomic E-state index is -0.901. The fourth-order valence-corrected chi connectivity index (χ4v) is 4.45. The average Bonchev–Trinajstić information content (AvgIpc) is 3.11. The van der Waals surface area contributed by atoms with E-state index in [9.17, 15) is 23.9 Å². The van der Waals surface area contributed by atoms with Crippen LogP contribution in [0.15, 0.2) is 72.3 Å². The number of anilines is 1. The highest BCUT2D eigenvalue weighted by Crippen LogP contribution is 2.42. The number of Topliss-reactive ketones (excluding diaryl/α,β-unsaturated/α-hetero) is 1. The molecule has 0 spiro atoms. The van der Waals surface area contributed by atoms with Crippen LogP contribution in [0.3, 0.4) is 0 Å². The molecule has 1 N–H and O–H groups in total. The number of ether oxygens (including phenoxy) is 1. The number of amides is 1. The largest absolute Gasteiger partial charge is 0.507 e. The summed E-state index contributed by atoms with van der Waals surface area (Å²) in [7, 11) is 0. The normalized spacial score (nSPS) is 16.9. The minimum Gasteiger partial charge on any atom is -0.507 e. The number of benzene rings is 3. The number of carbonyl (C=O) groups is 3. The summed E-state index contributed by atoms with van der Waals surface area (Å²) < 4.78 is 19.1. The monoisotopic (exact) mass is 501 g/mol. The van der Waals surface area contributed by atoms with Crippen LogP contribution in [0.2, 0.25) is 0 Å². The molecular formula is C30H28FNO5. The molecule has 0 bridgehead atoms. The first-order chi connectivity index (χ1) is 17.6. The maximum Gasteiger partial charge on any atom is 0.310 e. The number of hydrogen-bond donors (Lipinski definition) is 1. The van der Waals surface area contributed by atoms with Gasteiger partial charge in [0.1, 0.15) is 11.6 Å². The van der Waals surface area contributed by atoms with E-state index >= 15 is 0 Å². The van der Waals surface area contributed by atoms with Crippen LogP contribution in [0.5, 0.6) is 0 Å². The Bertz CT molecular complexity index is 1410. The van der Waals surface area contributed by atoms with Crippen molar-refractivity contribution in [1.82, 2.24) is 0 Å². The third-order valence-electron chi connectivity index (χ3n) is 6.16. The molecule has 0 radical (unpaired) electrons. The molecule has 37 heavy (non-hydrogen) atoms. The van der Waals surface area contributed by atoms with Crippen molar-refractivity contribution in [2.75, 3.05) is 4.90 Å². The molecule has 1 aliphatic heterocycles. The highest BCUT2D eigenvalue weighted by atomic mass is 19.1. The zero-order valence-electron chi connectivity index (χ0n) is 21.1. The van der Waals surface area contributed by atoms with Crippen LogP contribution in [0, 0.1) is 19.7 Å². The van der Waals surface area contributed by atoms with E-state index in [2.05, 4.69) is 0 Å². The second-order valence-corrected chi connectivity index (χ2v) is 9.43. The molecule has 0 aliphatic carbocycles. The molecule has 3 aromatic rings. The molecular weight excluding hydrogens is 473 g/mol. The minimum absolute atomic E-state index is 0.0719. The predicted octanol–water partition coefficient (Wildman–Crippen LogP) is 5.56. The van der Waals surface area contributed by atoms with Crippen LogP contribution in [0.4, 0.5) is 10.1 Å². The number of rotatable bonds is 6. The first-order valence-corrected chi connectivity index (χ1v) is 12.0. The molecule has 6 nitrogen and oxygen atoms in total. The van der Waals surface area contributed by atoms with Crippen molar-refractivity contribution < 1.29 is 28.6 Å². The summed E-state index contributed by atoms with van der Waals surface area (Å²) in [6.07, 6.45) is -0.152. The third kappa shape index (κ3) is 5.31. The van der Waals surface area contributed by atoms with E-state index in [-0.39, 0.29) is 35.4 Å². The van der Waals surface area contributed by atoms with Crippen LogP contribution in [0.1, 0.15) is 47.7 Å². The van der Waals surface area contributed by atoms with Crippen molar-refractivity contribution in [2.45, 2.75) is 46.3 Å². The van der Waals surface area contributed by atoms with Gasteiger partial charge in [-0.2, -0.15) is 0 Å². The van der Waals surface area contributed by atoms with Gasteiger partial charge in [-0.25, -0.2) is 4.39 Å². The third-order valence-corrected chi connectivity index (χ3v) is 6.16. The van der Waals surface area contributed by atoms with Crippen molar-refractivity contribution in [3.05, 3.63) is 106 Å². The van der Waals surface area contributed by atoms with Crippen molar-refractivity contribution in [2.24, 2.45) is 0 Å². The molecule has 0 saturated carbocycles. The fraction of sp³-hybridized carbons (Fsp3) is 0.233. The molecule has 1 amide bonds. The van der Waals surface area contributed by atoms with Crippen molar-refractivity contribution in [1.29, 1.82) is 0 Å². The van der Waals surface area contributed by atoms with Gasteiger partial charge in [-0.15, -0.1) is 0 Å². The SMILES string of the molecule is Cc1cccc(C2/C(=C(/O)c3ccc(F)c(C)c3)C(=O)C(=O)N2c2ccc(CC(=O)OC(C)C)cc2)c1. The van der Waals surface area contributed by atoms with Gasteiger partial charge in [0.05, 0.1) is 24.1 Å². The lowest BCUT2D eigenvalue weighted by atomic mass is 9.94. The van der Waals surface area contributed by atoms with E-state index in [0.29, 0.717) is 22.4 Å². The number of hydrogen-bond acceptors (Lipinski definition) is 5. The van der Waals surface area contributed by atoms with E-state index in [1.54, 1.807) is 51.1 Å². The summed E-state index contributed by atoms with van der Waals surface area (Å²) in [5.41, 5.74) is 3.16. The first-order valence-electron chi connectivity index (χ1n) is 12.0. The van der Waals surface area contributed by atoms with E-state index in [1.165, 1.54) is 23.1 Å². The van der Waals surface area contributed by atoms with E-state index in [1.807, 2.05) is 25.1 Å². The maximum absolute atomic E-state index is 13.9. The summed E-state index contributed by atoms with van der Waals surface area (Å²) >= 11 is 0. The van der Waals surface area contributed by atoms with Crippen LogP contribution < -0.4 is 4.90 Å². The summed E-state index contributed by atoms with van der Waals surface area (Å²) in [6.45, 7) is 7.00. The molecule has 1 fully saturated rings. The maximum atomic E-state index is 13.9. The number of aryl methyl sites for hydroxylation is 2. The van der Waals surface area contributed by atoms with Gasteiger partial charge in [-0.1, -0.05) is 42.0 Å². The Kier molecular flexibility index (Phi) is 7.25. The molecule has 1 aliphatic rings. The second-order valence-electron chi connectivity index (χ2n) is 9.43. The Balaban J connectivity index is 1.80. The van der Waals surface area contributed by atoms with Crippen LogP contribution in [-0.4, -0.2) is 28.9 Å². The van der Waals surface area contributed by atoms with Crippen molar-refractivity contribution in [3.63, 3.8) is 0 Å². The quantitative estimate of drug-likeness (QED) is 0.207. The van der Waals surface area contributed by atoms with E-state index in [0.717, 1.165) is 5.56 Å². The van der Waals surface area contributed by atoms with Crippen LogP contribution in [0.25, 0.3) is 5.76 Å². The molecule has 1 heterocycles. The summed E-state index contributed by atoms with van der Waals surface area (Å²) in [4.78, 5) is 40.0. The molecule has 190 valence electrons. The van der Waals surface area contributed by atoms with Crippen molar-refractivity contribution >= 4 is 29.1 Å². The smallest absolute Gasteiger partial charge is 0.310 e. The number of esters is 1. The molecule has 4 rings (SSSR count). The summed E-state index contributed by atoms with van der Waals surface area (Å²) in [6, 6.07) is 17.2. The molecule has 1 unspecified atom stereocenters. The second kappa shape index (κ2) is 10.4. The van der Waals surface area contributed by atoms with Gasteiger partial charge in [0, 0.05) is 11.3 Å². The lowest BCUT2D eigenvalue weighted by Gasteiger charge is -2.26. The van der Waals surface area contributed by atoms with Gasteiger partial charge in [0.25, 0.3) is 11.7 Å². The summed E-state index contributed by atoms with van der Waals surface area (Å²) in [5.74, 6) is -2.81. The van der Waals surface area contributed by atoms with Gasteiger partial charge in [-0.05, 0) is 74.7 Å². The molecule has 7 heteroatoms. The number of ketones is 1. The number of halogens is 1. The van der Waals surface area contributed by atoms with E-state index < -0.39 is 23.5 Å². The van der Waals surface area contributed by atoms with Gasteiger partial charge in [-0.3, -0.25) is 19.3 Å². The highest BCUT2D eigenvalue weighted by molar-refractivity contribution is 6.51. The Labute approximate surface area is 215 Å². The molecule has 1 saturated heterocycles. The number of aliphatic hydroxyl groups is 1. The first kappa shape index (κ1) is 25.8. The van der Waals surface area contributed by atoms with Crippen molar-refractivity contribution in [3.8, 4) is 0 Å². The van der Waals surface area contributed by atoms with Gasteiger partial charge in [0.2, 0.25) is 0 Å². The van der Waals surface area contributed by atoms with Gasteiger partial charge in [0.15, 0.2) is 0 Å². The number of aliphatic hydroxyl groups excluding tert-OH is 1. The van der Waals surface area contributed by atoms with Crippen LogP contribution in [-0.2, 0) is 25.5 Å². The fourth-order valence-electron chi connectivity index (χ4n) is 4.45. The predicted molar refractivity (Wildman–Crippen MR) is 138 cm³/mol. The van der Waals surface area contributed by atoms with E-state index in [4.69, 9.17) is 4.74 Å². The lowest BCUT2D eigenvalue weighted by molar-refractivity contribution is -0.146. The Morgan fingerprint density at radius 2 is 1.73 bits per heavy atom. The summed E-state index contributed by atoms with van der Waals surface area (Å²) in [5, 5.41) is 11.2. The standard InChI is InChI=1S/C30H28FNO5/c1-17(2)37-25(33)16-20-8-11-23(12-9-20)32-27(21-7-5-6-18(3)14-21)26(29(35)30(32)36)28(34)22-10-13-24(31)19(4)15-22/h5-15,17,27,34H,16H2,1-4H3/b28-26-.